The minimum Gasteiger partial charge on any atom is -0.487 e. The van der Waals surface area contributed by atoms with Crippen LogP contribution in [0, 0.1) is 17.6 Å². The van der Waals surface area contributed by atoms with Crippen LogP contribution in [0.5, 0.6) is 5.75 Å². The fraction of sp³-hybridized carbons (Fsp3) is 0.520. The Morgan fingerprint density at radius 2 is 1.92 bits per heavy atom. The van der Waals surface area contributed by atoms with Gasteiger partial charge >= 0.3 is 6.01 Å². The number of aromatic nitrogens is 4. The number of piperidine rings is 1. The maximum absolute atomic E-state index is 14.3. The zero-order valence-electron chi connectivity index (χ0n) is 20.6. The van der Waals surface area contributed by atoms with E-state index in [4.69, 9.17) is 20.1 Å². The van der Waals surface area contributed by atoms with E-state index in [0.29, 0.717) is 49.0 Å². The van der Waals surface area contributed by atoms with Crippen molar-refractivity contribution in [2.45, 2.75) is 44.2 Å². The molecule has 37 heavy (non-hydrogen) atoms. The number of anilines is 2. The Hall–Kier alpha value is -3.38. The molecular formula is C25H31F2N7O3. The predicted octanol–water partition coefficient (Wildman–Crippen LogP) is 2.29. The van der Waals surface area contributed by atoms with Crippen LogP contribution < -0.4 is 20.3 Å². The van der Waals surface area contributed by atoms with Gasteiger partial charge in [0.2, 0.25) is 5.95 Å². The summed E-state index contributed by atoms with van der Waals surface area (Å²) < 4.78 is 39.4. The molecule has 3 atom stereocenters. The van der Waals surface area contributed by atoms with Crippen LogP contribution in [-0.4, -0.2) is 70.1 Å². The molecule has 2 aliphatic heterocycles. The molecule has 2 fully saturated rings. The quantitative estimate of drug-likeness (QED) is 0.461. The van der Waals surface area contributed by atoms with E-state index in [-0.39, 0.29) is 30.2 Å². The molecule has 3 N–H and O–H groups in total. The first-order valence-corrected chi connectivity index (χ1v) is 12.5. The monoisotopic (exact) mass is 515 g/mol. The largest absolute Gasteiger partial charge is 0.487 e. The summed E-state index contributed by atoms with van der Waals surface area (Å²) in [4.78, 5) is 17.2. The molecule has 198 valence electrons. The summed E-state index contributed by atoms with van der Waals surface area (Å²) in [6.07, 6.45) is 5.42. The lowest BCUT2D eigenvalue weighted by Gasteiger charge is -2.33. The van der Waals surface area contributed by atoms with E-state index in [1.807, 2.05) is 11.8 Å². The summed E-state index contributed by atoms with van der Waals surface area (Å²) in [6, 6.07) is 3.57. The number of nitrogens with two attached hydrogens (primary N) is 1. The summed E-state index contributed by atoms with van der Waals surface area (Å²) in [6.45, 7) is 4.42. The molecule has 10 nitrogen and oxygen atoms in total. The van der Waals surface area contributed by atoms with Gasteiger partial charge in [0.05, 0.1) is 25.1 Å². The van der Waals surface area contributed by atoms with Gasteiger partial charge in [-0.1, -0.05) is 5.16 Å². The Bertz CT molecular complexity index is 1190. The predicted molar refractivity (Wildman–Crippen MR) is 131 cm³/mol. The molecule has 0 saturated carbocycles. The third-order valence-electron chi connectivity index (χ3n) is 7.21. The molecule has 2 aromatic heterocycles. The molecule has 5 rings (SSSR count). The normalized spacial score (nSPS) is 21.4. The zero-order valence-corrected chi connectivity index (χ0v) is 20.6. The van der Waals surface area contributed by atoms with E-state index in [2.05, 4.69) is 25.0 Å². The number of aliphatic hydroxyl groups excluding tert-OH is 1. The minimum absolute atomic E-state index is 0.0123. The molecule has 0 spiro atoms. The first-order valence-electron chi connectivity index (χ1n) is 12.5. The number of rotatable bonds is 8. The van der Waals surface area contributed by atoms with Gasteiger partial charge in [-0.3, -0.25) is 0 Å². The van der Waals surface area contributed by atoms with E-state index < -0.39 is 11.6 Å². The third kappa shape index (κ3) is 5.64. The van der Waals surface area contributed by atoms with Crippen molar-refractivity contribution >= 4 is 12.0 Å². The van der Waals surface area contributed by atoms with Crippen LogP contribution >= 0.6 is 0 Å². The summed E-state index contributed by atoms with van der Waals surface area (Å²) in [7, 11) is 0. The van der Waals surface area contributed by atoms with E-state index >= 15 is 0 Å². The van der Waals surface area contributed by atoms with Gasteiger partial charge in [0.1, 0.15) is 11.6 Å². The maximum atomic E-state index is 14.3. The lowest BCUT2D eigenvalue weighted by molar-refractivity contribution is 0.131. The molecule has 0 unspecified atom stereocenters. The number of aliphatic hydroxyl groups is 1. The van der Waals surface area contributed by atoms with E-state index in [1.165, 1.54) is 6.07 Å². The lowest BCUT2D eigenvalue weighted by Crippen LogP contribution is -2.38. The molecule has 2 aliphatic rings. The first kappa shape index (κ1) is 25.3. The van der Waals surface area contributed by atoms with Crippen LogP contribution in [-0.2, 0) is 6.42 Å². The van der Waals surface area contributed by atoms with Gasteiger partial charge in [-0.2, -0.15) is 4.98 Å². The molecule has 12 heteroatoms. The highest BCUT2D eigenvalue weighted by Crippen LogP contribution is 2.31. The number of benzene rings is 1. The fourth-order valence-electron chi connectivity index (χ4n) is 5.10. The number of hydrogen-bond acceptors (Lipinski definition) is 10. The Morgan fingerprint density at radius 1 is 1.16 bits per heavy atom. The second-order valence-electron chi connectivity index (χ2n) is 9.67. The molecule has 4 heterocycles. The molecule has 0 aliphatic carbocycles. The van der Waals surface area contributed by atoms with Crippen LogP contribution in [0.25, 0.3) is 0 Å². The Labute approximate surface area is 213 Å². The lowest BCUT2D eigenvalue weighted by atomic mass is 9.92. The van der Waals surface area contributed by atoms with Crippen LogP contribution in [0.1, 0.15) is 37.1 Å². The summed E-state index contributed by atoms with van der Waals surface area (Å²) in [5.74, 6) is 0.595. The van der Waals surface area contributed by atoms with Crippen molar-refractivity contribution in [2.24, 2.45) is 11.7 Å². The Kier molecular flexibility index (Phi) is 7.47. The number of ether oxygens (including phenoxy) is 1. The van der Waals surface area contributed by atoms with Crippen molar-refractivity contribution in [2.75, 3.05) is 42.6 Å². The highest BCUT2D eigenvalue weighted by atomic mass is 19.1. The van der Waals surface area contributed by atoms with Crippen molar-refractivity contribution in [3.63, 3.8) is 0 Å². The van der Waals surface area contributed by atoms with Gasteiger partial charge in [0.15, 0.2) is 11.6 Å². The van der Waals surface area contributed by atoms with Crippen molar-refractivity contribution in [1.82, 2.24) is 20.1 Å². The number of halogens is 2. The van der Waals surface area contributed by atoms with Crippen molar-refractivity contribution in [3.8, 4) is 5.75 Å². The minimum atomic E-state index is -0.485. The smallest absolute Gasteiger partial charge is 0.324 e. The van der Waals surface area contributed by atoms with E-state index in [9.17, 15) is 8.78 Å². The van der Waals surface area contributed by atoms with Gasteiger partial charge in [-0.15, -0.1) is 0 Å². The summed E-state index contributed by atoms with van der Waals surface area (Å²) >= 11 is 0. The summed E-state index contributed by atoms with van der Waals surface area (Å²) in [5, 5.41) is 12.9. The highest BCUT2D eigenvalue weighted by molar-refractivity contribution is 5.39. The molecular weight excluding hydrogens is 484 g/mol. The maximum Gasteiger partial charge on any atom is 0.324 e. The van der Waals surface area contributed by atoms with Gasteiger partial charge in [0, 0.05) is 44.6 Å². The molecule has 0 amide bonds. The summed E-state index contributed by atoms with van der Waals surface area (Å²) in [5.41, 5.74) is 6.54. The van der Waals surface area contributed by atoms with Crippen LogP contribution in [0.2, 0.25) is 0 Å². The van der Waals surface area contributed by atoms with Gasteiger partial charge in [-0.25, -0.2) is 18.7 Å². The Balaban J connectivity index is 1.14. The van der Waals surface area contributed by atoms with Crippen molar-refractivity contribution in [1.29, 1.82) is 0 Å². The molecule has 0 radical (unpaired) electrons. The van der Waals surface area contributed by atoms with Crippen molar-refractivity contribution in [3.05, 3.63) is 53.6 Å². The molecule has 3 aromatic rings. The van der Waals surface area contributed by atoms with Gasteiger partial charge in [0.25, 0.3) is 0 Å². The average Bonchev–Trinajstić information content (AvgIpc) is 3.53. The number of nitrogens with zero attached hydrogens (tertiary/aromatic N) is 6. The molecule has 1 aromatic carbocycles. The van der Waals surface area contributed by atoms with Crippen LogP contribution in [0.3, 0.4) is 0 Å². The van der Waals surface area contributed by atoms with Gasteiger partial charge < -0.3 is 29.9 Å². The van der Waals surface area contributed by atoms with E-state index in [1.54, 1.807) is 12.4 Å². The molecule has 0 bridgehead atoms. The van der Waals surface area contributed by atoms with Crippen LogP contribution in [0.4, 0.5) is 20.7 Å². The van der Waals surface area contributed by atoms with Crippen molar-refractivity contribution < 1.29 is 23.1 Å². The first-order chi connectivity index (χ1) is 17.9. The van der Waals surface area contributed by atoms with Crippen LogP contribution in [0.15, 0.2) is 35.1 Å². The average molecular weight is 516 g/mol. The SMILES string of the molecule is C[C@H](Oc1cnc(N2C[C@H](c3cc(F)ccc3F)[C@@H](N)C2)nc1)C1CCN(c2nc(CCO)no2)CC1. The zero-order chi connectivity index (χ0) is 25.9. The molecule has 2 saturated heterocycles. The third-order valence-corrected chi connectivity index (χ3v) is 7.21. The number of hydrogen-bond donors (Lipinski definition) is 2. The Morgan fingerprint density at radius 3 is 2.65 bits per heavy atom. The van der Waals surface area contributed by atoms with E-state index in [0.717, 1.165) is 38.1 Å². The second-order valence-corrected chi connectivity index (χ2v) is 9.67. The highest BCUT2D eigenvalue weighted by Gasteiger charge is 2.34. The second kappa shape index (κ2) is 10.9. The fourth-order valence-corrected chi connectivity index (χ4v) is 5.10. The standard InChI is InChI=1S/C25H31F2N7O3/c1-15(16-4-7-33(8-5-16)25-31-23(6-9-35)32-37-25)36-18-11-29-24(30-12-18)34-13-20(22(28)14-34)19-10-17(26)2-3-21(19)27/h2-3,10-12,15-16,20,22,35H,4-9,13-14,28H2,1H3/t15-,20+,22-/m0/s1. The van der Waals surface area contributed by atoms with Gasteiger partial charge in [-0.05, 0) is 49.4 Å². The topological polar surface area (TPSA) is 127 Å².